The SMILES string of the molecule is COc1cc(NC(=O)C(=O)NCCc2noc(-c3ccccn3)n2)cc(-n2cccn2)c1. The Morgan fingerprint density at radius 2 is 2.03 bits per heavy atom. The Morgan fingerprint density at radius 1 is 1.12 bits per heavy atom. The summed E-state index contributed by atoms with van der Waals surface area (Å²) < 4.78 is 12.0. The monoisotopic (exact) mass is 433 g/mol. The normalized spacial score (nSPS) is 10.5. The molecule has 0 aliphatic heterocycles. The van der Waals surface area contributed by atoms with Gasteiger partial charge in [0.2, 0.25) is 0 Å². The van der Waals surface area contributed by atoms with Crippen LogP contribution in [0.3, 0.4) is 0 Å². The minimum atomic E-state index is -0.813. The van der Waals surface area contributed by atoms with Crippen molar-refractivity contribution in [3.05, 3.63) is 66.9 Å². The molecule has 0 aliphatic carbocycles. The second kappa shape index (κ2) is 9.51. The number of carbonyl (C=O) groups excluding carboxylic acids is 2. The number of rotatable bonds is 7. The summed E-state index contributed by atoms with van der Waals surface area (Å²) in [7, 11) is 1.51. The molecule has 3 heterocycles. The van der Waals surface area contributed by atoms with Crippen LogP contribution in [0, 0.1) is 0 Å². The van der Waals surface area contributed by atoms with E-state index >= 15 is 0 Å². The van der Waals surface area contributed by atoms with E-state index in [1.165, 1.54) is 7.11 Å². The second-order valence-corrected chi connectivity index (χ2v) is 6.56. The van der Waals surface area contributed by atoms with Crippen LogP contribution in [-0.2, 0) is 16.0 Å². The summed E-state index contributed by atoms with van der Waals surface area (Å²) in [5.74, 6) is -0.415. The minimum absolute atomic E-state index is 0.157. The van der Waals surface area contributed by atoms with Crippen molar-refractivity contribution >= 4 is 17.5 Å². The summed E-state index contributed by atoms with van der Waals surface area (Å²) in [4.78, 5) is 32.8. The minimum Gasteiger partial charge on any atom is -0.497 e. The molecule has 0 spiro atoms. The molecule has 0 fully saturated rings. The lowest BCUT2D eigenvalue weighted by atomic mass is 10.2. The Morgan fingerprint density at radius 3 is 2.78 bits per heavy atom. The molecule has 0 radical (unpaired) electrons. The van der Waals surface area contributed by atoms with E-state index in [-0.39, 0.29) is 18.9 Å². The largest absolute Gasteiger partial charge is 0.497 e. The number of carbonyl (C=O) groups is 2. The highest BCUT2D eigenvalue weighted by Crippen LogP contribution is 2.23. The first kappa shape index (κ1) is 20.7. The zero-order chi connectivity index (χ0) is 22.3. The van der Waals surface area contributed by atoms with Gasteiger partial charge in [-0.05, 0) is 24.3 Å². The number of aromatic nitrogens is 5. The number of amides is 2. The molecule has 0 atom stereocenters. The van der Waals surface area contributed by atoms with Crippen molar-refractivity contribution < 1.29 is 18.8 Å². The standard InChI is InChI=1S/C21H19N7O4/c1-31-16-12-14(11-15(13-16)28-10-4-8-24-28)25-20(30)19(29)23-9-6-18-26-21(32-27-18)17-5-2-3-7-22-17/h2-5,7-8,10-13H,6,9H2,1H3,(H,23,29)(H,25,30). The van der Waals surface area contributed by atoms with E-state index in [9.17, 15) is 9.59 Å². The van der Waals surface area contributed by atoms with E-state index in [1.54, 1.807) is 59.7 Å². The van der Waals surface area contributed by atoms with Crippen LogP contribution >= 0.6 is 0 Å². The highest BCUT2D eigenvalue weighted by atomic mass is 16.5. The summed E-state index contributed by atoms with van der Waals surface area (Å²) in [6.45, 7) is 0.157. The Hall–Kier alpha value is -4.54. The number of anilines is 1. The molecular weight excluding hydrogens is 414 g/mol. The fourth-order valence-electron chi connectivity index (χ4n) is 2.83. The first-order chi connectivity index (χ1) is 15.6. The summed E-state index contributed by atoms with van der Waals surface area (Å²) >= 11 is 0. The average Bonchev–Trinajstić information content (AvgIpc) is 3.52. The maximum Gasteiger partial charge on any atom is 0.313 e. The van der Waals surface area contributed by atoms with Crippen LogP contribution in [0.15, 0.2) is 65.6 Å². The van der Waals surface area contributed by atoms with E-state index in [1.807, 2.05) is 6.07 Å². The van der Waals surface area contributed by atoms with Crippen molar-refractivity contribution in [3.63, 3.8) is 0 Å². The number of nitrogens with zero attached hydrogens (tertiary/aromatic N) is 5. The molecule has 0 saturated heterocycles. The molecule has 4 aromatic rings. The third-order valence-corrected chi connectivity index (χ3v) is 4.35. The van der Waals surface area contributed by atoms with Crippen molar-refractivity contribution in [2.75, 3.05) is 19.0 Å². The number of methoxy groups -OCH3 is 1. The molecule has 2 N–H and O–H groups in total. The van der Waals surface area contributed by atoms with E-state index < -0.39 is 11.8 Å². The zero-order valence-corrected chi connectivity index (χ0v) is 17.1. The van der Waals surface area contributed by atoms with Gasteiger partial charge in [-0.25, -0.2) is 4.68 Å². The highest BCUT2D eigenvalue weighted by Gasteiger charge is 2.16. The topological polar surface area (TPSA) is 137 Å². The Bertz CT molecular complexity index is 1210. The van der Waals surface area contributed by atoms with Crippen molar-refractivity contribution in [2.45, 2.75) is 6.42 Å². The van der Waals surface area contributed by atoms with Gasteiger partial charge in [0, 0.05) is 49.4 Å². The number of hydrogen-bond donors (Lipinski definition) is 2. The third kappa shape index (κ3) is 4.95. The fraction of sp³-hybridized carbons (Fsp3) is 0.143. The van der Waals surface area contributed by atoms with Gasteiger partial charge in [-0.3, -0.25) is 14.6 Å². The smallest absolute Gasteiger partial charge is 0.313 e. The van der Waals surface area contributed by atoms with Gasteiger partial charge in [-0.2, -0.15) is 10.1 Å². The Kier molecular flexibility index (Phi) is 6.16. The molecule has 4 rings (SSSR count). The van der Waals surface area contributed by atoms with Crippen LogP contribution in [0.5, 0.6) is 5.75 Å². The van der Waals surface area contributed by atoms with Gasteiger partial charge in [-0.1, -0.05) is 11.2 Å². The van der Waals surface area contributed by atoms with Gasteiger partial charge in [0.1, 0.15) is 11.4 Å². The number of nitrogens with one attached hydrogen (secondary N) is 2. The average molecular weight is 433 g/mol. The molecular formula is C21H19N7O4. The molecule has 11 heteroatoms. The number of ether oxygens (including phenoxy) is 1. The molecule has 1 aromatic carbocycles. The van der Waals surface area contributed by atoms with Crippen LogP contribution < -0.4 is 15.4 Å². The van der Waals surface area contributed by atoms with E-state index in [4.69, 9.17) is 9.26 Å². The number of hydrogen-bond acceptors (Lipinski definition) is 8. The molecule has 0 aliphatic rings. The lowest BCUT2D eigenvalue weighted by Gasteiger charge is -2.10. The van der Waals surface area contributed by atoms with Gasteiger partial charge in [0.25, 0.3) is 5.89 Å². The molecule has 0 saturated carbocycles. The van der Waals surface area contributed by atoms with E-state index in [0.717, 1.165) is 0 Å². The van der Waals surface area contributed by atoms with Gasteiger partial charge in [-0.15, -0.1) is 0 Å². The van der Waals surface area contributed by atoms with E-state index in [2.05, 4.69) is 30.9 Å². The van der Waals surface area contributed by atoms with Crippen molar-refractivity contribution in [1.29, 1.82) is 0 Å². The molecule has 11 nitrogen and oxygen atoms in total. The van der Waals surface area contributed by atoms with Crippen LogP contribution in [0.2, 0.25) is 0 Å². The first-order valence-corrected chi connectivity index (χ1v) is 9.64. The van der Waals surface area contributed by atoms with Crippen molar-refractivity contribution in [1.82, 2.24) is 30.2 Å². The van der Waals surface area contributed by atoms with Gasteiger partial charge < -0.3 is 19.9 Å². The lowest BCUT2D eigenvalue weighted by Crippen LogP contribution is -2.36. The van der Waals surface area contributed by atoms with Crippen molar-refractivity contribution in [2.24, 2.45) is 0 Å². The zero-order valence-electron chi connectivity index (χ0n) is 17.1. The quantitative estimate of drug-likeness (QED) is 0.420. The number of pyridine rings is 1. The predicted molar refractivity (Wildman–Crippen MR) is 113 cm³/mol. The second-order valence-electron chi connectivity index (χ2n) is 6.56. The summed E-state index contributed by atoms with van der Waals surface area (Å²) in [6.07, 6.45) is 5.30. The summed E-state index contributed by atoms with van der Waals surface area (Å²) in [5.41, 5.74) is 1.63. The molecule has 0 unspecified atom stereocenters. The first-order valence-electron chi connectivity index (χ1n) is 9.64. The molecule has 32 heavy (non-hydrogen) atoms. The maximum atomic E-state index is 12.3. The van der Waals surface area contributed by atoms with Crippen LogP contribution in [0.25, 0.3) is 17.3 Å². The van der Waals surface area contributed by atoms with Gasteiger partial charge in [0.05, 0.1) is 12.8 Å². The van der Waals surface area contributed by atoms with Gasteiger partial charge >= 0.3 is 11.8 Å². The molecule has 3 aromatic heterocycles. The Labute approximate surface area is 182 Å². The van der Waals surface area contributed by atoms with Crippen LogP contribution in [-0.4, -0.2) is 50.4 Å². The summed E-state index contributed by atoms with van der Waals surface area (Å²) in [6, 6.07) is 12.2. The lowest BCUT2D eigenvalue weighted by molar-refractivity contribution is -0.136. The van der Waals surface area contributed by atoms with E-state index in [0.29, 0.717) is 28.6 Å². The van der Waals surface area contributed by atoms with Gasteiger partial charge in [0.15, 0.2) is 5.82 Å². The Balaban J connectivity index is 1.32. The molecule has 162 valence electrons. The predicted octanol–water partition coefficient (Wildman–Crippen LogP) is 1.62. The third-order valence-electron chi connectivity index (χ3n) is 4.35. The van der Waals surface area contributed by atoms with Crippen LogP contribution in [0.1, 0.15) is 5.82 Å². The summed E-state index contributed by atoms with van der Waals surface area (Å²) in [5, 5.41) is 13.1. The fourth-order valence-corrected chi connectivity index (χ4v) is 2.83. The van der Waals surface area contributed by atoms with Crippen LogP contribution in [0.4, 0.5) is 5.69 Å². The highest BCUT2D eigenvalue weighted by molar-refractivity contribution is 6.39. The molecule has 0 bridgehead atoms. The molecule has 2 amide bonds. The maximum absolute atomic E-state index is 12.3. The number of benzene rings is 1. The van der Waals surface area contributed by atoms with Crippen molar-refractivity contribution in [3.8, 4) is 23.0 Å².